The second-order valence-electron chi connectivity index (χ2n) is 9.61. The van der Waals surface area contributed by atoms with Crippen LogP contribution in [0.1, 0.15) is 53.4 Å². The molecule has 0 radical (unpaired) electrons. The molecule has 0 aromatic carbocycles. The number of hydrogen-bond acceptors (Lipinski definition) is 5. The molecule has 0 bridgehead atoms. The number of halogens is 2. The SMILES string of the molecule is CC(O)C(CC1CCNC1=O)NC(=O)CNC(=O)C1(NC(=O)C(C)(C)C)CC(F)(F)C1. The first-order valence-electron chi connectivity index (χ1n) is 10.4. The molecule has 31 heavy (non-hydrogen) atoms. The van der Waals surface area contributed by atoms with Gasteiger partial charge in [0.05, 0.1) is 18.7 Å². The van der Waals surface area contributed by atoms with Gasteiger partial charge in [-0.1, -0.05) is 20.8 Å². The van der Waals surface area contributed by atoms with Crippen LogP contribution in [0.25, 0.3) is 0 Å². The molecule has 3 atom stereocenters. The number of carbonyl (C=O) groups excluding carboxylic acids is 4. The van der Waals surface area contributed by atoms with Crippen LogP contribution in [0, 0.1) is 11.3 Å². The van der Waals surface area contributed by atoms with Crippen LogP contribution in [0.2, 0.25) is 0 Å². The fraction of sp³-hybridized carbons (Fsp3) is 0.800. The lowest BCUT2D eigenvalue weighted by Crippen LogP contribution is -2.70. The summed E-state index contributed by atoms with van der Waals surface area (Å²) in [6, 6.07) is -0.708. The topological polar surface area (TPSA) is 137 Å². The van der Waals surface area contributed by atoms with Crippen LogP contribution >= 0.6 is 0 Å². The minimum absolute atomic E-state index is 0.143. The molecule has 1 saturated heterocycles. The van der Waals surface area contributed by atoms with Gasteiger partial charge in [0.1, 0.15) is 5.54 Å². The molecule has 176 valence electrons. The number of amides is 4. The first-order valence-corrected chi connectivity index (χ1v) is 10.4. The van der Waals surface area contributed by atoms with Gasteiger partial charge in [-0.3, -0.25) is 19.2 Å². The second-order valence-corrected chi connectivity index (χ2v) is 9.61. The Morgan fingerprint density at radius 1 is 1.26 bits per heavy atom. The molecule has 1 saturated carbocycles. The maximum atomic E-state index is 13.6. The highest BCUT2D eigenvalue weighted by molar-refractivity contribution is 5.96. The van der Waals surface area contributed by atoms with Gasteiger partial charge in [0.15, 0.2) is 0 Å². The monoisotopic (exact) mass is 446 g/mol. The van der Waals surface area contributed by atoms with Crippen molar-refractivity contribution in [3.63, 3.8) is 0 Å². The number of rotatable bonds is 8. The zero-order valence-electron chi connectivity index (χ0n) is 18.3. The molecule has 1 aliphatic carbocycles. The van der Waals surface area contributed by atoms with Gasteiger partial charge in [0, 0.05) is 30.7 Å². The van der Waals surface area contributed by atoms with E-state index in [1.54, 1.807) is 20.8 Å². The molecular formula is C20H32F2N4O5. The Bertz CT molecular complexity index is 728. The average Bonchev–Trinajstić information content (AvgIpc) is 3.01. The van der Waals surface area contributed by atoms with E-state index in [4.69, 9.17) is 0 Å². The van der Waals surface area contributed by atoms with Crippen molar-refractivity contribution in [2.24, 2.45) is 11.3 Å². The Morgan fingerprint density at radius 3 is 2.32 bits per heavy atom. The maximum Gasteiger partial charge on any atom is 0.253 e. The molecule has 1 aliphatic heterocycles. The molecular weight excluding hydrogens is 414 g/mol. The predicted octanol–water partition coefficient (Wildman–Crippen LogP) is -0.175. The maximum absolute atomic E-state index is 13.6. The Hall–Kier alpha value is -2.30. The molecule has 0 spiro atoms. The summed E-state index contributed by atoms with van der Waals surface area (Å²) in [5.74, 6) is -5.61. The van der Waals surface area contributed by atoms with E-state index in [2.05, 4.69) is 21.3 Å². The van der Waals surface area contributed by atoms with Crippen molar-refractivity contribution in [2.45, 2.75) is 77.0 Å². The van der Waals surface area contributed by atoms with Crippen LogP contribution in [0.15, 0.2) is 0 Å². The van der Waals surface area contributed by atoms with Crippen molar-refractivity contribution in [1.82, 2.24) is 21.3 Å². The van der Waals surface area contributed by atoms with Gasteiger partial charge in [-0.05, 0) is 19.8 Å². The van der Waals surface area contributed by atoms with Crippen molar-refractivity contribution in [3.05, 3.63) is 0 Å². The van der Waals surface area contributed by atoms with Gasteiger partial charge < -0.3 is 26.4 Å². The summed E-state index contributed by atoms with van der Waals surface area (Å²) in [5.41, 5.74) is -2.66. The largest absolute Gasteiger partial charge is 0.391 e. The Morgan fingerprint density at radius 2 is 1.87 bits per heavy atom. The highest BCUT2D eigenvalue weighted by Crippen LogP contribution is 2.46. The van der Waals surface area contributed by atoms with Gasteiger partial charge in [-0.2, -0.15) is 0 Å². The second kappa shape index (κ2) is 9.05. The van der Waals surface area contributed by atoms with E-state index in [0.717, 1.165) is 0 Å². The lowest BCUT2D eigenvalue weighted by molar-refractivity contribution is -0.168. The van der Waals surface area contributed by atoms with Gasteiger partial charge in [0.2, 0.25) is 23.6 Å². The van der Waals surface area contributed by atoms with Crippen LogP contribution in [-0.2, 0) is 19.2 Å². The van der Waals surface area contributed by atoms with Crippen LogP contribution in [0.5, 0.6) is 0 Å². The molecule has 4 amide bonds. The summed E-state index contributed by atoms with van der Waals surface area (Å²) in [6.07, 6.45) is -1.79. The van der Waals surface area contributed by atoms with Crippen molar-refractivity contribution >= 4 is 23.6 Å². The van der Waals surface area contributed by atoms with E-state index < -0.39 is 66.1 Å². The highest BCUT2D eigenvalue weighted by atomic mass is 19.3. The van der Waals surface area contributed by atoms with Gasteiger partial charge in [-0.25, -0.2) is 8.78 Å². The first kappa shape index (κ1) is 25.0. The van der Waals surface area contributed by atoms with Crippen LogP contribution < -0.4 is 21.3 Å². The summed E-state index contributed by atoms with van der Waals surface area (Å²) >= 11 is 0. The number of hydrogen-bond donors (Lipinski definition) is 5. The third kappa shape index (κ3) is 6.34. The molecule has 9 nitrogen and oxygen atoms in total. The fourth-order valence-corrected chi connectivity index (χ4v) is 3.68. The average molecular weight is 446 g/mol. The third-order valence-corrected chi connectivity index (χ3v) is 5.63. The van der Waals surface area contributed by atoms with Crippen LogP contribution in [-0.4, -0.2) is 65.4 Å². The fourth-order valence-electron chi connectivity index (χ4n) is 3.68. The zero-order valence-corrected chi connectivity index (χ0v) is 18.3. The zero-order chi connectivity index (χ0) is 23.6. The smallest absolute Gasteiger partial charge is 0.253 e. The summed E-state index contributed by atoms with van der Waals surface area (Å²) in [6.45, 7) is 6.28. The van der Waals surface area contributed by atoms with Crippen molar-refractivity contribution in [1.29, 1.82) is 0 Å². The van der Waals surface area contributed by atoms with Gasteiger partial charge in [0.25, 0.3) is 5.92 Å². The molecule has 2 fully saturated rings. The quantitative estimate of drug-likeness (QED) is 0.353. The number of aliphatic hydroxyl groups excluding tert-OH is 1. The molecule has 2 rings (SSSR count). The van der Waals surface area contributed by atoms with Gasteiger partial charge in [-0.15, -0.1) is 0 Å². The van der Waals surface area contributed by atoms with Crippen molar-refractivity contribution in [3.8, 4) is 0 Å². The van der Waals surface area contributed by atoms with E-state index in [1.807, 2.05) is 0 Å². The normalized spacial score (nSPS) is 23.7. The van der Waals surface area contributed by atoms with Gasteiger partial charge >= 0.3 is 0 Å². The summed E-state index contributed by atoms with van der Waals surface area (Å²) in [7, 11) is 0. The van der Waals surface area contributed by atoms with E-state index in [9.17, 15) is 33.1 Å². The molecule has 11 heteroatoms. The molecule has 5 N–H and O–H groups in total. The molecule has 3 unspecified atom stereocenters. The molecule has 0 aromatic heterocycles. The lowest BCUT2D eigenvalue weighted by Gasteiger charge is -2.47. The Balaban J connectivity index is 1.94. The van der Waals surface area contributed by atoms with Crippen molar-refractivity contribution < 1.29 is 33.1 Å². The third-order valence-electron chi connectivity index (χ3n) is 5.63. The molecule has 0 aromatic rings. The number of carbonyl (C=O) groups is 4. The highest BCUT2D eigenvalue weighted by Gasteiger charge is 2.62. The number of alkyl halides is 2. The Kier molecular flexibility index (Phi) is 7.29. The van der Waals surface area contributed by atoms with Crippen LogP contribution in [0.4, 0.5) is 8.78 Å². The molecule has 1 heterocycles. The Labute approximate surface area is 180 Å². The van der Waals surface area contributed by atoms with E-state index in [0.29, 0.717) is 13.0 Å². The minimum atomic E-state index is -3.08. The first-order chi connectivity index (χ1) is 14.2. The van der Waals surface area contributed by atoms with Crippen molar-refractivity contribution in [2.75, 3.05) is 13.1 Å². The van der Waals surface area contributed by atoms with E-state index in [1.165, 1.54) is 6.92 Å². The summed E-state index contributed by atoms with van der Waals surface area (Å²) < 4.78 is 27.1. The number of aliphatic hydroxyl groups is 1. The summed E-state index contributed by atoms with van der Waals surface area (Å²) in [5, 5.41) is 19.9. The standard InChI is InChI=1S/C20H32F2N4O5/c1-11(27)13(7-12-5-6-23-15(12)29)25-14(28)8-24-17(31)19(9-20(21,22)10-19)26-16(30)18(2,3)4/h11-13,27H,5-10H2,1-4H3,(H,23,29)(H,24,31)(H,25,28)(H,26,30). The number of nitrogens with one attached hydrogen (secondary N) is 4. The minimum Gasteiger partial charge on any atom is -0.391 e. The van der Waals surface area contributed by atoms with Crippen LogP contribution in [0.3, 0.4) is 0 Å². The predicted molar refractivity (Wildman–Crippen MR) is 107 cm³/mol. The summed E-state index contributed by atoms with van der Waals surface area (Å²) in [4.78, 5) is 48.9. The van der Waals surface area contributed by atoms with E-state index in [-0.39, 0.29) is 18.2 Å². The molecule has 2 aliphatic rings. The lowest BCUT2D eigenvalue weighted by atomic mass is 9.72. The van der Waals surface area contributed by atoms with E-state index >= 15 is 0 Å².